The van der Waals surface area contributed by atoms with Gasteiger partial charge in [0.15, 0.2) is 11.5 Å². The molecule has 0 atom stereocenters. The SMILES string of the molecule is COc1cc(C)cc(C(=O)Cl)c1OC. The van der Waals surface area contributed by atoms with Crippen LogP contribution in [0.4, 0.5) is 0 Å². The van der Waals surface area contributed by atoms with Gasteiger partial charge in [-0.3, -0.25) is 4.79 Å². The Balaban J connectivity index is 3.39. The molecule has 0 aliphatic carbocycles. The number of halogens is 1. The lowest BCUT2D eigenvalue weighted by molar-refractivity contribution is 0.107. The predicted octanol–water partition coefficient (Wildman–Crippen LogP) is 2.39. The maximum Gasteiger partial charge on any atom is 0.256 e. The van der Waals surface area contributed by atoms with Crippen LogP contribution in [0.15, 0.2) is 12.1 Å². The average Bonchev–Trinajstić information content (AvgIpc) is 2.16. The molecule has 4 heteroatoms. The van der Waals surface area contributed by atoms with Crippen LogP contribution >= 0.6 is 11.6 Å². The summed E-state index contributed by atoms with van der Waals surface area (Å²) in [5.74, 6) is 0.884. The van der Waals surface area contributed by atoms with E-state index < -0.39 is 5.24 Å². The molecular weight excluding hydrogens is 204 g/mol. The molecule has 1 aromatic rings. The molecule has 0 aliphatic rings. The first kappa shape index (κ1) is 10.9. The Labute approximate surface area is 87.6 Å². The van der Waals surface area contributed by atoms with E-state index in [1.807, 2.05) is 6.92 Å². The number of hydrogen-bond acceptors (Lipinski definition) is 3. The average molecular weight is 215 g/mol. The number of carbonyl (C=O) groups excluding carboxylic acids is 1. The Bertz CT molecular complexity index is 361. The smallest absolute Gasteiger partial charge is 0.256 e. The molecule has 76 valence electrons. The normalized spacial score (nSPS) is 9.71. The first-order valence-electron chi connectivity index (χ1n) is 4.02. The van der Waals surface area contributed by atoms with Gasteiger partial charge in [-0.25, -0.2) is 0 Å². The molecule has 0 saturated carbocycles. The van der Waals surface area contributed by atoms with Crippen LogP contribution in [-0.4, -0.2) is 19.5 Å². The lowest BCUT2D eigenvalue weighted by Gasteiger charge is -2.11. The van der Waals surface area contributed by atoms with Gasteiger partial charge in [-0.1, -0.05) is 0 Å². The van der Waals surface area contributed by atoms with Crippen LogP contribution in [0.2, 0.25) is 0 Å². The molecule has 0 spiro atoms. The van der Waals surface area contributed by atoms with Crippen LogP contribution in [0, 0.1) is 6.92 Å². The summed E-state index contributed by atoms with van der Waals surface area (Å²) in [7, 11) is 2.98. The molecule has 14 heavy (non-hydrogen) atoms. The zero-order valence-corrected chi connectivity index (χ0v) is 9.01. The minimum absolute atomic E-state index is 0.325. The third-order valence-corrected chi connectivity index (χ3v) is 2.04. The van der Waals surface area contributed by atoms with Crippen LogP contribution in [0.1, 0.15) is 15.9 Å². The maximum atomic E-state index is 11.1. The van der Waals surface area contributed by atoms with Gasteiger partial charge >= 0.3 is 0 Å². The second kappa shape index (κ2) is 4.33. The highest BCUT2D eigenvalue weighted by atomic mass is 35.5. The van der Waals surface area contributed by atoms with Gasteiger partial charge in [-0.05, 0) is 36.2 Å². The third kappa shape index (κ3) is 1.99. The fourth-order valence-electron chi connectivity index (χ4n) is 1.25. The van der Waals surface area contributed by atoms with Crippen LogP contribution in [-0.2, 0) is 0 Å². The van der Waals surface area contributed by atoms with Gasteiger partial charge in [0.25, 0.3) is 5.24 Å². The second-order valence-electron chi connectivity index (χ2n) is 2.82. The summed E-state index contributed by atoms with van der Waals surface area (Å²) < 4.78 is 10.1. The lowest BCUT2D eigenvalue weighted by atomic mass is 10.1. The molecule has 0 heterocycles. The largest absolute Gasteiger partial charge is 0.493 e. The number of benzene rings is 1. The molecule has 1 aromatic carbocycles. The number of methoxy groups -OCH3 is 2. The van der Waals surface area contributed by atoms with Crippen molar-refractivity contribution in [3.8, 4) is 11.5 Å². The summed E-state index contributed by atoms with van der Waals surface area (Å²) in [5, 5.41) is -0.552. The van der Waals surface area contributed by atoms with E-state index in [1.54, 1.807) is 12.1 Å². The molecule has 0 unspecified atom stereocenters. The molecule has 0 radical (unpaired) electrons. The Morgan fingerprint density at radius 2 is 1.93 bits per heavy atom. The van der Waals surface area contributed by atoms with Crippen molar-refractivity contribution >= 4 is 16.8 Å². The van der Waals surface area contributed by atoms with Crippen LogP contribution in [0.3, 0.4) is 0 Å². The van der Waals surface area contributed by atoms with E-state index in [1.165, 1.54) is 14.2 Å². The molecule has 0 amide bonds. The van der Waals surface area contributed by atoms with Crippen molar-refractivity contribution < 1.29 is 14.3 Å². The first-order chi connectivity index (χ1) is 6.60. The van der Waals surface area contributed by atoms with Gasteiger partial charge in [0.05, 0.1) is 19.8 Å². The molecule has 0 N–H and O–H groups in total. The van der Waals surface area contributed by atoms with Gasteiger partial charge in [0.2, 0.25) is 0 Å². The Morgan fingerprint density at radius 3 is 2.36 bits per heavy atom. The zero-order valence-electron chi connectivity index (χ0n) is 8.26. The fraction of sp³-hybridized carbons (Fsp3) is 0.300. The molecule has 0 bridgehead atoms. The van der Waals surface area contributed by atoms with E-state index in [0.29, 0.717) is 17.1 Å². The van der Waals surface area contributed by atoms with Crippen molar-refractivity contribution in [1.29, 1.82) is 0 Å². The number of hydrogen-bond donors (Lipinski definition) is 0. The highest BCUT2D eigenvalue weighted by Gasteiger charge is 2.15. The molecule has 3 nitrogen and oxygen atoms in total. The Kier molecular flexibility index (Phi) is 3.36. The summed E-state index contributed by atoms with van der Waals surface area (Å²) in [6.07, 6.45) is 0. The summed E-state index contributed by atoms with van der Waals surface area (Å²) in [5.41, 5.74) is 1.22. The minimum atomic E-state index is -0.552. The lowest BCUT2D eigenvalue weighted by Crippen LogP contribution is -1.99. The van der Waals surface area contributed by atoms with Crippen molar-refractivity contribution in [3.05, 3.63) is 23.3 Å². The third-order valence-electron chi connectivity index (χ3n) is 1.83. The molecule has 0 saturated heterocycles. The first-order valence-corrected chi connectivity index (χ1v) is 4.40. The monoisotopic (exact) mass is 214 g/mol. The van der Waals surface area contributed by atoms with E-state index in [0.717, 1.165) is 5.56 Å². The number of carbonyl (C=O) groups is 1. The van der Waals surface area contributed by atoms with E-state index in [4.69, 9.17) is 21.1 Å². The molecular formula is C10H11ClO3. The quantitative estimate of drug-likeness (QED) is 0.725. The summed E-state index contributed by atoms with van der Waals surface area (Å²) in [4.78, 5) is 11.1. The van der Waals surface area contributed by atoms with E-state index in [9.17, 15) is 4.79 Å². The van der Waals surface area contributed by atoms with Gasteiger partial charge in [-0.15, -0.1) is 0 Å². The van der Waals surface area contributed by atoms with Gasteiger partial charge in [0, 0.05) is 0 Å². The van der Waals surface area contributed by atoms with Crippen LogP contribution in [0.5, 0.6) is 11.5 Å². The van der Waals surface area contributed by atoms with Crippen molar-refractivity contribution in [2.75, 3.05) is 14.2 Å². The van der Waals surface area contributed by atoms with Crippen molar-refractivity contribution in [1.82, 2.24) is 0 Å². The highest BCUT2D eigenvalue weighted by Crippen LogP contribution is 2.33. The van der Waals surface area contributed by atoms with Crippen molar-refractivity contribution in [2.24, 2.45) is 0 Å². The maximum absolute atomic E-state index is 11.1. The Hall–Kier alpha value is -1.22. The number of aryl methyl sites for hydroxylation is 1. The van der Waals surface area contributed by atoms with E-state index >= 15 is 0 Å². The van der Waals surface area contributed by atoms with E-state index in [-0.39, 0.29) is 0 Å². The summed E-state index contributed by atoms with van der Waals surface area (Å²) >= 11 is 5.41. The summed E-state index contributed by atoms with van der Waals surface area (Å²) in [6, 6.07) is 3.44. The highest BCUT2D eigenvalue weighted by molar-refractivity contribution is 6.68. The van der Waals surface area contributed by atoms with Crippen LogP contribution < -0.4 is 9.47 Å². The second-order valence-corrected chi connectivity index (χ2v) is 3.16. The molecule has 0 aromatic heterocycles. The molecule has 0 fully saturated rings. The van der Waals surface area contributed by atoms with Gasteiger partial charge in [-0.2, -0.15) is 0 Å². The van der Waals surface area contributed by atoms with Gasteiger partial charge in [0.1, 0.15) is 0 Å². The van der Waals surface area contributed by atoms with Crippen molar-refractivity contribution in [2.45, 2.75) is 6.92 Å². The number of rotatable bonds is 3. The standard InChI is InChI=1S/C10H11ClO3/c1-6-4-7(10(11)12)9(14-3)8(5-6)13-2/h4-5H,1-3H3. The number of ether oxygens (including phenoxy) is 2. The van der Waals surface area contributed by atoms with E-state index in [2.05, 4.69) is 0 Å². The zero-order chi connectivity index (χ0) is 10.7. The Morgan fingerprint density at radius 1 is 1.29 bits per heavy atom. The molecule has 0 aliphatic heterocycles. The molecule has 1 rings (SSSR count). The van der Waals surface area contributed by atoms with Gasteiger partial charge < -0.3 is 9.47 Å². The topological polar surface area (TPSA) is 35.5 Å². The minimum Gasteiger partial charge on any atom is -0.493 e. The fourth-order valence-corrected chi connectivity index (χ4v) is 1.39. The van der Waals surface area contributed by atoms with Crippen LogP contribution in [0.25, 0.3) is 0 Å². The predicted molar refractivity (Wildman–Crippen MR) is 54.5 cm³/mol. The summed E-state index contributed by atoms with van der Waals surface area (Å²) in [6.45, 7) is 1.85. The van der Waals surface area contributed by atoms with Crippen molar-refractivity contribution in [3.63, 3.8) is 0 Å².